The van der Waals surface area contributed by atoms with E-state index in [-0.39, 0.29) is 5.41 Å². The molecular formula is C27H46O2. The van der Waals surface area contributed by atoms with Gasteiger partial charge in [-0.25, -0.2) is 0 Å². The molecule has 5 fully saturated rings. The van der Waals surface area contributed by atoms with Gasteiger partial charge in [0.1, 0.15) is 0 Å². The fourth-order valence-electron chi connectivity index (χ4n) is 9.51. The third-order valence-electron chi connectivity index (χ3n) is 11.3. The first kappa shape index (κ1) is 20.8. The molecule has 166 valence electrons. The monoisotopic (exact) mass is 402 g/mol. The molecule has 10 atom stereocenters. The summed E-state index contributed by atoms with van der Waals surface area (Å²) in [6.45, 7) is 12.4. The number of fused-ring (bicyclic) bond motifs is 6. The molecule has 5 rings (SSSR count). The van der Waals surface area contributed by atoms with Gasteiger partial charge in [0.25, 0.3) is 0 Å². The molecule has 4 aliphatic carbocycles. The first-order valence-corrected chi connectivity index (χ1v) is 13.1. The predicted octanol–water partition coefficient (Wildman–Crippen LogP) is 6.60. The Balaban J connectivity index is 1.32. The van der Waals surface area contributed by atoms with Crippen molar-refractivity contribution in [3.63, 3.8) is 0 Å². The SMILES string of the molecule is CC(C)CCC[C@@H](C)[C@@H]1CC[C@@H]2[C@@H]3CC[C@@]4(O)C[C@@H]5O[C@@H]5C[C@]4(C)[C@@H]3CC[C@]21C. The number of rotatable bonds is 5. The summed E-state index contributed by atoms with van der Waals surface area (Å²) in [5, 5.41) is 11.7. The number of epoxide rings is 1. The summed E-state index contributed by atoms with van der Waals surface area (Å²) in [7, 11) is 0. The molecule has 2 heteroatoms. The van der Waals surface area contributed by atoms with Crippen LogP contribution in [0.4, 0.5) is 0 Å². The van der Waals surface area contributed by atoms with Crippen LogP contribution in [0.2, 0.25) is 0 Å². The van der Waals surface area contributed by atoms with E-state index in [1.165, 1.54) is 51.4 Å². The van der Waals surface area contributed by atoms with Crippen molar-refractivity contribution in [1.29, 1.82) is 0 Å². The molecule has 2 nitrogen and oxygen atoms in total. The molecule has 1 N–H and O–H groups in total. The normalized spacial score (nSPS) is 54.3. The standard InChI is InChI=1S/C27H46O2/c1-17(2)7-6-8-18(3)20-9-10-21-19-11-14-27(28)16-24-23(29-24)15-26(27,5)22(19)12-13-25(20,21)4/h17-24,28H,6-16H2,1-5H3/t18-,19+,20+,21-,22-,23-,24+,25+,26-,27-/m1/s1. The zero-order valence-electron chi connectivity index (χ0n) is 19.8. The molecule has 1 aliphatic heterocycles. The van der Waals surface area contributed by atoms with E-state index < -0.39 is 5.60 Å². The lowest BCUT2D eigenvalue weighted by Gasteiger charge is -2.63. The van der Waals surface area contributed by atoms with E-state index in [0.717, 1.165) is 54.8 Å². The van der Waals surface area contributed by atoms with Crippen LogP contribution >= 0.6 is 0 Å². The third-order valence-corrected chi connectivity index (χ3v) is 11.3. The molecule has 0 bridgehead atoms. The third kappa shape index (κ3) is 3.09. The van der Waals surface area contributed by atoms with Gasteiger partial charge in [-0.2, -0.15) is 0 Å². The highest BCUT2D eigenvalue weighted by Gasteiger charge is 2.68. The highest BCUT2D eigenvalue weighted by molar-refractivity contribution is 5.18. The Morgan fingerprint density at radius 3 is 2.41 bits per heavy atom. The Morgan fingerprint density at radius 2 is 1.66 bits per heavy atom. The zero-order valence-corrected chi connectivity index (χ0v) is 19.8. The maximum Gasteiger partial charge on any atom is 0.0869 e. The topological polar surface area (TPSA) is 32.8 Å². The molecule has 29 heavy (non-hydrogen) atoms. The van der Waals surface area contributed by atoms with Gasteiger partial charge in [-0.3, -0.25) is 0 Å². The van der Waals surface area contributed by atoms with Gasteiger partial charge in [-0.1, -0.05) is 53.9 Å². The zero-order chi connectivity index (χ0) is 20.6. The van der Waals surface area contributed by atoms with Crippen LogP contribution in [-0.2, 0) is 4.74 Å². The Kier molecular flexibility index (Phi) is 4.99. The fraction of sp³-hybridized carbons (Fsp3) is 1.00. The summed E-state index contributed by atoms with van der Waals surface area (Å²) in [6, 6.07) is 0. The summed E-state index contributed by atoms with van der Waals surface area (Å²) in [6.07, 6.45) is 15.1. The fourth-order valence-corrected chi connectivity index (χ4v) is 9.51. The van der Waals surface area contributed by atoms with Crippen molar-refractivity contribution in [3.05, 3.63) is 0 Å². The largest absolute Gasteiger partial charge is 0.389 e. The van der Waals surface area contributed by atoms with Crippen molar-refractivity contribution in [2.45, 2.75) is 123 Å². The molecule has 0 unspecified atom stereocenters. The van der Waals surface area contributed by atoms with Crippen LogP contribution in [0.15, 0.2) is 0 Å². The molecular weight excluding hydrogens is 356 g/mol. The summed E-state index contributed by atoms with van der Waals surface area (Å²) in [5.74, 6) is 5.12. The van der Waals surface area contributed by atoms with Crippen molar-refractivity contribution < 1.29 is 9.84 Å². The molecule has 0 spiro atoms. The van der Waals surface area contributed by atoms with Crippen LogP contribution in [0.1, 0.15) is 105 Å². The Morgan fingerprint density at radius 1 is 0.897 bits per heavy atom. The van der Waals surface area contributed by atoms with Crippen LogP contribution in [0.5, 0.6) is 0 Å². The molecule has 0 radical (unpaired) electrons. The average molecular weight is 403 g/mol. The van der Waals surface area contributed by atoms with E-state index in [1.807, 2.05) is 0 Å². The van der Waals surface area contributed by atoms with Gasteiger partial charge in [0.05, 0.1) is 17.8 Å². The van der Waals surface area contributed by atoms with Crippen LogP contribution in [0.3, 0.4) is 0 Å². The predicted molar refractivity (Wildman–Crippen MR) is 119 cm³/mol. The number of ether oxygens (including phenoxy) is 1. The minimum Gasteiger partial charge on any atom is -0.389 e. The van der Waals surface area contributed by atoms with E-state index in [4.69, 9.17) is 4.74 Å². The molecule has 5 aliphatic rings. The van der Waals surface area contributed by atoms with Crippen molar-refractivity contribution in [2.24, 2.45) is 46.3 Å². The molecule has 0 aromatic carbocycles. The number of aliphatic hydroxyl groups is 1. The molecule has 0 aromatic rings. The second kappa shape index (κ2) is 6.96. The summed E-state index contributed by atoms with van der Waals surface area (Å²) in [4.78, 5) is 0. The molecule has 1 heterocycles. The van der Waals surface area contributed by atoms with Crippen LogP contribution in [-0.4, -0.2) is 22.9 Å². The van der Waals surface area contributed by atoms with Crippen LogP contribution < -0.4 is 0 Å². The van der Waals surface area contributed by atoms with Gasteiger partial charge in [-0.05, 0) is 85.9 Å². The maximum atomic E-state index is 11.7. The van der Waals surface area contributed by atoms with Gasteiger partial charge in [-0.15, -0.1) is 0 Å². The smallest absolute Gasteiger partial charge is 0.0869 e. The van der Waals surface area contributed by atoms with Crippen molar-refractivity contribution in [1.82, 2.24) is 0 Å². The summed E-state index contributed by atoms with van der Waals surface area (Å²) in [5.41, 5.74) is 0.190. The van der Waals surface area contributed by atoms with E-state index in [2.05, 4.69) is 34.6 Å². The molecule has 1 saturated heterocycles. The Hall–Kier alpha value is -0.0800. The maximum absolute atomic E-state index is 11.7. The molecule has 0 amide bonds. The minimum atomic E-state index is -0.457. The lowest BCUT2D eigenvalue weighted by atomic mass is 9.43. The van der Waals surface area contributed by atoms with Gasteiger partial charge < -0.3 is 9.84 Å². The summed E-state index contributed by atoms with van der Waals surface area (Å²) < 4.78 is 5.93. The first-order valence-electron chi connectivity index (χ1n) is 13.1. The Bertz CT molecular complexity index is 630. The lowest BCUT2D eigenvalue weighted by molar-refractivity contribution is -0.200. The minimum absolute atomic E-state index is 0.0931. The second-order valence-electron chi connectivity index (χ2n) is 13.0. The van der Waals surface area contributed by atoms with E-state index >= 15 is 0 Å². The molecule has 0 aromatic heterocycles. The average Bonchev–Trinajstić information content (AvgIpc) is 3.26. The lowest BCUT2D eigenvalue weighted by Crippen LogP contribution is -2.62. The number of hydrogen-bond acceptors (Lipinski definition) is 2. The van der Waals surface area contributed by atoms with E-state index in [1.54, 1.807) is 0 Å². The second-order valence-corrected chi connectivity index (χ2v) is 13.0. The van der Waals surface area contributed by atoms with Crippen molar-refractivity contribution >= 4 is 0 Å². The van der Waals surface area contributed by atoms with Crippen molar-refractivity contribution in [2.75, 3.05) is 0 Å². The Labute approximate surface area is 179 Å². The number of hydrogen-bond donors (Lipinski definition) is 1. The first-order chi connectivity index (χ1) is 13.7. The summed E-state index contributed by atoms with van der Waals surface area (Å²) >= 11 is 0. The van der Waals surface area contributed by atoms with Gasteiger partial charge in [0, 0.05) is 11.8 Å². The van der Waals surface area contributed by atoms with Crippen LogP contribution in [0.25, 0.3) is 0 Å². The highest BCUT2D eigenvalue weighted by atomic mass is 16.6. The van der Waals surface area contributed by atoms with Crippen LogP contribution in [0, 0.1) is 46.3 Å². The van der Waals surface area contributed by atoms with E-state index in [0.29, 0.717) is 17.6 Å². The van der Waals surface area contributed by atoms with E-state index in [9.17, 15) is 5.11 Å². The van der Waals surface area contributed by atoms with Gasteiger partial charge in [0.2, 0.25) is 0 Å². The van der Waals surface area contributed by atoms with Crippen molar-refractivity contribution in [3.8, 4) is 0 Å². The quantitative estimate of drug-likeness (QED) is 0.525. The molecule has 4 saturated carbocycles. The highest BCUT2D eigenvalue weighted by Crippen LogP contribution is 2.70. The van der Waals surface area contributed by atoms with Gasteiger partial charge >= 0.3 is 0 Å². The van der Waals surface area contributed by atoms with Gasteiger partial charge in [0.15, 0.2) is 0 Å².